The van der Waals surface area contributed by atoms with E-state index in [1.807, 2.05) is 6.07 Å². The van der Waals surface area contributed by atoms with Gasteiger partial charge < -0.3 is 0 Å². The zero-order valence-electron chi connectivity index (χ0n) is 15.8. The van der Waals surface area contributed by atoms with Crippen LogP contribution in [-0.4, -0.2) is 47.3 Å². The molecule has 0 atom stereocenters. The Morgan fingerprint density at radius 2 is 1.89 bits per heavy atom. The molecule has 4 heterocycles. The molecule has 4 rings (SSSR count). The average Bonchev–Trinajstić information content (AvgIpc) is 3.23. The number of likely N-dealkylation sites (tertiary alicyclic amines) is 1. The summed E-state index contributed by atoms with van der Waals surface area (Å²) in [6, 6.07) is 6.84. The van der Waals surface area contributed by atoms with Crippen LogP contribution in [0.4, 0.5) is 0 Å². The SMILES string of the molecule is Cn1nccc(CN2CCC(Cn3nc(-n4cccn4)ccc3=O)CC2)c1=O. The van der Waals surface area contributed by atoms with Gasteiger partial charge in [-0.25, -0.2) is 14.0 Å². The highest BCUT2D eigenvalue weighted by molar-refractivity contribution is 5.17. The molecule has 28 heavy (non-hydrogen) atoms. The molecule has 0 unspecified atom stereocenters. The Morgan fingerprint density at radius 3 is 2.64 bits per heavy atom. The molecule has 0 saturated carbocycles. The van der Waals surface area contributed by atoms with E-state index in [1.54, 1.807) is 48.5 Å². The molecule has 0 N–H and O–H groups in total. The lowest BCUT2D eigenvalue weighted by molar-refractivity contribution is 0.162. The Hall–Kier alpha value is -3.07. The maximum atomic E-state index is 12.2. The summed E-state index contributed by atoms with van der Waals surface area (Å²) in [5.74, 6) is 1.02. The van der Waals surface area contributed by atoms with Crippen LogP contribution in [0.1, 0.15) is 18.4 Å². The monoisotopic (exact) mass is 381 g/mol. The number of hydrogen-bond donors (Lipinski definition) is 0. The summed E-state index contributed by atoms with van der Waals surface area (Å²) in [4.78, 5) is 26.6. The van der Waals surface area contributed by atoms with Crippen molar-refractivity contribution in [2.75, 3.05) is 13.1 Å². The molecule has 0 bridgehead atoms. The third-order valence-corrected chi connectivity index (χ3v) is 5.21. The standard InChI is InChI=1S/C19H23N7O2/c1-23-19(28)16(5-9-20-23)14-24-11-6-15(7-12-24)13-26-18(27)4-3-17(22-26)25-10-2-8-21-25/h2-5,8-10,15H,6-7,11-14H2,1H3. The van der Waals surface area contributed by atoms with Crippen LogP contribution in [0.15, 0.2) is 52.4 Å². The molecule has 3 aromatic heterocycles. The van der Waals surface area contributed by atoms with Gasteiger partial charge in [-0.1, -0.05) is 0 Å². The van der Waals surface area contributed by atoms with Crippen molar-refractivity contribution >= 4 is 0 Å². The van der Waals surface area contributed by atoms with Crippen LogP contribution >= 0.6 is 0 Å². The van der Waals surface area contributed by atoms with Crippen LogP contribution < -0.4 is 11.1 Å². The first-order valence-corrected chi connectivity index (χ1v) is 9.42. The van der Waals surface area contributed by atoms with E-state index in [9.17, 15) is 9.59 Å². The Morgan fingerprint density at radius 1 is 1.07 bits per heavy atom. The molecule has 1 aliphatic rings. The third-order valence-electron chi connectivity index (χ3n) is 5.21. The average molecular weight is 381 g/mol. The second-order valence-electron chi connectivity index (χ2n) is 7.17. The Kier molecular flexibility index (Phi) is 5.16. The zero-order valence-corrected chi connectivity index (χ0v) is 15.8. The minimum absolute atomic E-state index is 0.0455. The van der Waals surface area contributed by atoms with E-state index in [4.69, 9.17) is 0 Å². The first-order valence-electron chi connectivity index (χ1n) is 9.42. The van der Waals surface area contributed by atoms with Gasteiger partial charge in [0, 0.05) is 50.4 Å². The Bertz CT molecular complexity index is 1050. The predicted octanol–water partition coefficient (Wildman–Crippen LogP) is 0.435. The number of piperidine rings is 1. The quantitative estimate of drug-likeness (QED) is 0.637. The molecule has 3 aromatic rings. The number of rotatable bonds is 5. The maximum Gasteiger partial charge on any atom is 0.270 e. The van der Waals surface area contributed by atoms with E-state index in [2.05, 4.69) is 20.2 Å². The molecular weight excluding hydrogens is 358 g/mol. The van der Waals surface area contributed by atoms with Crippen molar-refractivity contribution in [1.82, 2.24) is 34.2 Å². The highest BCUT2D eigenvalue weighted by Crippen LogP contribution is 2.19. The molecule has 9 heteroatoms. The van der Waals surface area contributed by atoms with E-state index in [0.29, 0.717) is 24.8 Å². The summed E-state index contributed by atoms with van der Waals surface area (Å²) in [6.45, 7) is 3.02. The van der Waals surface area contributed by atoms with Crippen LogP contribution in [0.3, 0.4) is 0 Å². The topological polar surface area (TPSA) is 90.8 Å². The van der Waals surface area contributed by atoms with Crippen molar-refractivity contribution in [3.63, 3.8) is 0 Å². The molecule has 0 spiro atoms. The van der Waals surface area contributed by atoms with E-state index in [0.717, 1.165) is 31.5 Å². The van der Waals surface area contributed by atoms with Gasteiger partial charge in [-0.15, -0.1) is 5.10 Å². The molecule has 0 aliphatic carbocycles. The highest BCUT2D eigenvalue weighted by atomic mass is 16.1. The van der Waals surface area contributed by atoms with Gasteiger partial charge in [0.1, 0.15) is 0 Å². The number of hydrogen-bond acceptors (Lipinski definition) is 6. The smallest absolute Gasteiger partial charge is 0.270 e. The van der Waals surface area contributed by atoms with Crippen LogP contribution in [-0.2, 0) is 20.1 Å². The molecule has 0 aromatic carbocycles. The Balaban J connectivity index is 1.38. The molecule has 146 valence electrons. The third kappa shape index (κ3) is 3.94. The van der Waals surface area contributed by atoms with Crippen molar-refractivity contribution in [3.8, 4) is 5.82 Å². The lowest BCUT2D eigenvalue weighted by Gasteiger charge is -2.31. The second kappa shape index (κ2) is 7.89. The molecule has 0 radical (unpaired) electrons. The molecular formula is C19H23N7O2. The summed E-state index contributed by atoms with van der Waals surface area (Å²) in [5, 5.41) is 12.6. The largest absolute Gasteiger partial charge is 0.299 e. The first kappa shape index (κ1) is 18.3. The summed E-state index contributed by atoms with van der Waals surface area (Å²) < 4.78 is 4.55. The first-order chi connectivity index (χ1) is 13.6. The molecule has 0 amide bonds. The van der Waals surface area contributed by atoms with Crippen molar-refractivity contribution in [2.45, 2.75) is 25.9 Å². The van der Waals surface area contributed by atoms with Gasteiger partial charge >= 0.3 is 0 Å². The number of aromatic nitrogens is 6. The number of aryl methyl sites for hydroxylation is 1. The minimum atomic E-state index is -0.0985. The van der Waals surface area contributed by atoms with Gasteiger partial charge in [-0.3, -0.25) is 14.5 Å². The van der Waals surface area contributed by atoms with Gasteiger partial charge in [0.2, 0.25) is 0 Å². The van der Waals surface area contributed by atoms with Crippen LogP contribution in [0.25, 0.3) is 5.82 Å². The summed E-state index contributed by atoms with van der Waals surface area (Å²) >= 11 is 0. The molecule has 1 fully saturated rings. The summed E-state index contributed by atoms with van der Waals surface area (Å²) in [7, 11) is 1.67. The van der Waals surface area contributed by atoms with Gasteiger partial charge in [0.05, 0.1) is 0 Å². The van der Waals surface area contributed by atoms with Crippen LogP contribution in [0, 0.1) is 5.92 Å². The fraction of sp³-hybridized carbons (Fsp3) is 0.421. The van der Waals surface area contributed by atoms with Crippen LogP contribution in [0.2, 0.25) is 0 Å². The van der Waals surface area contributed by atoms with Gasteiger partial charge in [0.15, 0.2) is 5.82 Å². The lowest BCUT2D eigenvalue weighted by atomic mass is 9.96. The van der Waals surface area contributed by atoms with Crippen molar-refractivity contribution < 1.29 is 0 Å². The Labute approximate surface area is 161 Å². The number of nitrogens with zero attached hydrogens (tertiary/aromatic N) is 7. The van der Waals surface area contributed by atoms with Gasteiger partial charge in [-0.2, -0.15) is 10.2 Å². The van der Waals surface area contributed by atoms with E-state index in [-0.39, 0.29) is 11.1 Å². The van der Waals surface area contributed by atoms with Crippen molar-refractivity contribution in [3.05, 3.63) is 69.1 Å². The van der Waals surface area contributed by atoms with Gasteiger partial charge in [-0.05, 0) is 50.0 Å². The van der Waals surface area contributed by atoms with Crippen LogP contribution in [0.5, 0.6) is 0 Å². The van der Waals surface area contributed by atoms with Gasteiger partial charge in [0.25, 0.3) is 11.1 Å². The fourth-order valence-corrected chi connectivity index (χ4v) is 3.58. The highest BCUT2D eigenvalue weighted by Gasteiger charge is 2.21. The second-order valence-corrected chi connectivity index (χ2v) is 7.17. The van der Waals surface area contributed by atoms with E-state index < -0.39 is 0 Å². The van der Waals surface area contributed by atoms with Crippen molar-refractivity contribution in [1.29, 1.82) is 0 Å². The lowest BCUT2D eigenvalue weighted by Crippen LogP contribution is -2.38. The van der Waals surface area contributed by atoms with E-state index >= 15 is 0 Å². The van der Waals surface area contributed by atoms with E-state index in [1.165, 1.54) is 9.36 Å². The normalized spacial score (nSPS) is 15.8. The zero-order chi connectivity index (χ0) is 19.5. The summed E-state index contributed by atoms with van der Waals surface area (Å²) in [6.07, 6.45) is 7.08. The molecule has 1 saturated heterocycles. The van der Waals surface area contributed by atoms with Crippen molar-refractivity contribution in [2.24, 2.45) is 13.0 Å². The predicted molar refractivity (Wildman–Crippen MR) is 103 cm³/mol. The summed E-state index contributed by atoms with van der Waals surface area (Å²) in [5.41, 5.74) is 0.621. The minimum Gasteiger partial charge on any atom is -0.299 e. The molecule has 9 nitrogen and oxygen atoms in total. The fourth-order valence-electron chi connectivity index (χ4n) is 3.58. The molecule has 1 aliphatic heterocycles. The maximum absolute atomic E-state index is 12.2.